The summed E-state index contributed by atoms with van der Waals surface area (Å²) in [5, 5.41) is 18.1. The number of benzene rings is 3. The van der Waals surface area contributed by atoms with Crippen LogP contribution in [0.2, 0.25) is 5.02 Å². The van der Waals surface area contributed by atoms with Crippen LogP contribution in [0.4, 0.5) is 11.4 Å². The van der Waals surface area contributed by atoms with Crippen molar-refractivity contribution in [3.63, 3.8) is 0 Å². The Bertz CT molecular complexity index is 1680. The van der Waals surface area contributed by atoms with Gasteiger partial charge in [-0.2, -0.15) is 0 Å². The Morgan fingerprint density at radius 1 is 1.00 bits per heavy atom. The van der Waals surface area contributed by atoms with Gasteiger partial charge in [-0.05, 0) is 67.1 Å². The Hall–Kier alpha value is -4.63. The molecule has 0 radical (unpaired) electrons. The number of nitrogens with zero attached hydrogens (tertiary/aromatic N) is 1. The number of nitro groups is 1. The average Bonchev–Trinajstić information content (AvgIpc) is 2.97. The zero-order valence-corrected chi connectivity index (χ0v) is 24.4. The molecule has 0 unspecified atom stereocenters. The minimum atomic E-state index is -0.833. The van der Waals surface area contributed by atoms with Crippen LogP contribution in [0.25, 0.3) is 0 Å². The van der Waals surface area contributed by atoms with Gasteiger partial charge in [0.25, 0.3) is 11.6 Å². The molecule has 1 aliphatic heterocycles. The Kier molecular flexibility index (Phi) is 8.04. The van der Waals surface area contributed by atoms with Gasteiger partial charge in [0.05, 0.1) is 19.1 Å². The number of nitrogens with one attached hydrogen (secondary N) is 2. The van der Waals surface area contributed by atoms with E-state index in [1.807, 2.05) is 43.3 Å². The summed E-state index contributed by atoms with van der Waals surface area (Å²) in [6, 6.07) is 17.4. The highest BCUT2D eigenvalue weighted by atomic mass is 35.5. The summed E-state index contributed by atoms with van der Waals surface area (Å²) in [4.78, 5) is 39.1. The van der Waals surface area contributed by atoms with Crippen LogP contribution in [0, 0.1) is 17.0 Å². The topological polar surface area (TPSA) is 120 Å². The van der Waals surface area contributed by atoms with Crippen LogP contribution in [0.1, 0.15) is 48.3 Å². The third-order valence-electron chi connectivity index (χ3n) is 7.84. The fraction of sp³-hybridized carbons (Fsp3) is 0.250. The van der Waals surface area contributed by atoms with Gasteiger partial charge in [0, 0.05) is 46.6 Å². The third-order valence-corrected chi connectivity index (χ3v) is 8.16. The molecule has 5 rings (SSSR count). The number of nitro benzene ring substituents is 1. The quantitative estimate of drug-likeness (QED) is 0.237. The summed E-state index contributed by atoms with van der Waals surface area (Å²) < 4.78 is 10.8. The first kappa shape index (κ1) is 28.9. The largest absolute Gasteiger partial charge is 0.493 e. The number of hydrogen-bond donors (Lipinski definition) is 2. The number of halogens is 1. The number of hydrogen-bond acceptors (Lipinski definition) is 7. The Morgan fingerprint density at radius 3 is 2.40 bits per heavy atom. The van der Waals surface area contributed by atoms with Crippen molar-refractivity contribution in [2.24, 2.45) is 0 Å². The number of methoxy groups -OCH3 is 2. The predicted octanol–water partition coefficient (Wildman–Crippen LogP) is 6.57. The molecule has 0 bridgehead atoms. The Labute approximate surface area is 248 Å². The lowest BCUT2D eigenvalue weighted by molar-refractivity contribution is -0.384. The lowest BCUT2D eigenvalue weighted by atomic mass is 9.71. The maximum Gasteiger partial charge on any atom is 0.288 e. The van der Waals surface area contributed by atoms with E-state index in [-0.39, 0.29) is 28.8 Å². The van der Waals surface area contributed by atoms with Gasteiger partial charge in [0.1, 0.15) is 5.02 Å². The molecule has 2 aliphatic rings. The highest BCUT2D eigenvalue weighted by Gasteiger charge is 2.41. The maximum absolute atomic E-state index is 14.0. The van der Waals surface area contributed by atoms with Crippen LogP contribution in [-0.2, 0) is 9.59 Å². The summed E-state index contributed by atoms with van der Waals surface area (Å²) in [5.41, 5.74) is 4.53. The van der Waals surface area contributed by atoms with Gasteiger partial charge >= 0.3 is 0 Å². The van der Waals surface area contributed by atoms with Crippen molar-refractivity contribution in [3.05, 3.63) is 115 Å². The third kappa shape index (κ3) is 5.35. The number of rotatable bonds is 7. The molecule has 10 heteroatoms. The highest BCUT2D eigenvalue weighted by Crippen LogP contribution is 2.47. The fourth-order valence-electron chi connectivity index (χ4n) is 5.77. The molecule has 0 spiro atoms. The molecule has 9 nitrogen and oxygen atoms in total. The summed E-state index contributed by atoms with van der Waals surface area (Å²) in [7, 11) is 3.12. The lowest BCUT2D eigenvalue weighted by Crippen LogP contribution is -2.37. The summed E-state index contributed by atoms with van der Waals surface area (Å²) >= 11 is 6.14. The molecule has 3 aromatic carbocycles. The minimum Gasteiger partial charge on any atom is -0.493 e. The van der Waals surface area contributed by atoms with Gasteiger partial charge in [-0.15, -0.1) is 0 Å². The van der Waals surface area contributed by atoms with Crippen molar-refractivity contribution in [2.45, 2.75) is 38.5 Å². The van der Waals surface area contributed by atoms with Gasteiger partial charge in [-0.3, -0.25) is 19.7 Å². The second-order valence-corrected chi connectivity index (χ2v) is 10.8. The fourth-order valence-corrected chi connectivity index (χ4v) is 5.95. The Balaban J connectivity index is 1.60. The number of amides is 1. The first-order chi connectivity index (χ1) is 20.1. The van der Waals surface area contributed by atoms with Crippen LogP contribution in [-0.4, -0.2) is 30.8 Å². The SMILES string of the molecule is COc1ccc([C@H]2CC(=O)C3=C(C2)NC(C)=C(C(=O)Nc2ccccc2C)[C@H]3c2ccc(Cl)c([N+](=O)[O-])c2)cc1OC. The van der Waals surface area contributed by atoms with E-state index in [0.29, 0.717) is 51.7 Å². The number of carbonyl (C=O) groups is 2. The van der Waals surface area contributed by atoms with Crippen LogP contribution < -0.4 is 20.1 Å². The molecular formula is C32H30ClN3O6. The lowest BCUT2D eigenvalue weighted by Gasteiger charge is -2.37. The number of dihydropyridines is 1. The molecular weight excluding hydrogens is 558 g/mol. The van der Waals surface area contributed by atoms with E-state index in [9.17, 15) is 19.7 Å². The van der Waals surface area contributed by atoms with Crippen molar-refractivity contribution in [1.29, 1.82) is 0 Å². The number of carbonyl (C=O) groups excluding carboxylic acids is 2. The molecule has 1 heterocycles. The van der Waals surface area contributed by atoms with E-state index in [1.54, 1.807) is 33.3 Å². The standard InChI is InChI=1S/C32H30ClN3O6/c1-17-7-5-6-8-23(17)35-32(38)29-18(2)34-24-13-21(19-10-12-27(41-3)28(16-19)42-4)15-26(37)31(24)30(29)20-9-11-22(33)25(14-20)36(39)40/h5-12,14,16,21,30,34H,13,15H2,1-4H3,(H,35,38)/t21-,30-/m1/s1. The van der Waals surface area contributed by atoms with Crippen LogP contribution in [0.15, 0.2) is 83.2 Å². The van der Waals surface area contributed by atoms with Crippen LogP contribution in [0.5, 0.6) is 11.5 Å². The zero-order valence-electron chi connectivity index (χ0n) is 23.6. The number of ketones is 1. The first-order valence-corrected chi connectivity index (χ1v) is 13.8. The number of allylic oxidation sites excluding steroid dienone is 3. The summed E-state index contributed by atoms with van der Waals surface area (Å²) in [5.74, 6) is -0.389. The molecule has 0 fully saturated rings. The van der Waals surface area contributed by atoms with E-state index < -0.39 is 16.7 Å². The molecule has 0 saturated heterocycles. The van der Waals surface area contributed by atoms with Crippen molar-refractivity contribution in [2.75, 3.05) is 19.5 Å². The van der Waals surface area contributed by atoms with E-state index in [1.165, 1.54) is 12.1 Å². The predicted molar refractivity (Wildman–Crippen MR) is 160 cm³/mol. The van der Waals surface area contributed by atoms with Crippen molar-refractivity contribution in [3.8, 4) is 11.5 Å². The smallest absolute Gasteiger partial charge is 0.288 e. The molecule has 2 N–H and O–H groups in total. The van der Waals surface area contributed by atoms with Crippen LogP contribution in [0.3, 0.4) is 0 Å². The number of ether oxygens (including phenoxy) is 2. The minimum absolute atomic E-state index is 0.0259. The second-order valence-electron chi connectivity index (χ2n) is 10.4. The molecule has 2 atom stereocenters. The van der Waals surface area contributed by atoms with Gasteiger partial charge in [-0.25, -0.2) is 0 Å². The van der Waals surface area contributed by atoms with Gasteiger partial charge in [-0.1, -0.05) is 41.9 Å². The van der Waals surface area contributed by atoms with Crippen molar-refractivity contribution >= 4 is 34.7 Å². The van der Waals surface area contributed by atoms with E-state index in [2.05, 4.69) is 10.6 Å². The monoisotopic (exact) mass is 587 g/mol. The summed E-state index contributed by atoms with van der Waals surface area (Å²) in [6.45, 7) is 3.66. The van der Waals surface area contributed by atoms with Crippen molar-refractivity contribution in [1.82, 2.24) is 5.32 Å². The number of Topliss-reactive ketones (excluding diaryl/α,β-unsaturated/α-hetero) is 1. The van der Waals surface area contributed by atoms with E-state index in [0.717, 1.165) is 11.1 Å². The molecule has 1 aliphatic carbocycles. The first-order valence-electron chi connectivity index (χ1n) is 13.4. The van der Waals surface area contributed by atoms with Gasteiger partial charge in [0.2, 0.25) is 0 Å². The molecule has 0 aromatic heterocycles. The highest BCUT2D eigenvalue weighted by molar-refractivity contribution is 6.32. The van der Waals surface area contributed by atoms with Crippen LogP contribution >= 0.6 is 11.6 Å². The summed E-state index contributed by atoms with van der Waals surface area (Å²) in [6.07, 6.45) is 0.681. The molecule has 42 heavy (non-hydrogen) atoms. The molecule has 1 amide bonds. The normalized spacial score (nSPS) is 18.3. The van der Waals surface area contributed by atoms with Gasteiger partial charge < -0.3 is 20.1 Å². The molecule has 216 valence electrons. The molecule has 0 saturated carbocycles. The maximum atomic E-state index is 14.0. The average molecular weight is 588 g/mol. The zero-order chi connectivity index (χ0) is 30.1. The second kappa shape index (κ2) is 11.7. The molecule has 3 aromatic rings. The van der Waals surface area contributed by atoms with Gasteiger partial charge in [0.15, 0.2) is 17.3 Å². The number of para-hydroxylation sites is 1. The van der Waals surface area contributed by atoms with E-state index >= 15 is 0 Å². The van der Waals surface area contributed by atoms with Crippen molar-refractivity contribution < 1.29 is 24.0 Å². The number of anilines is 1. The Morgan fingerprint density at radius 2 is 1.71 bits per heavy atom. The van der Waals surface area contributed by atoms with E-state index in [4.69, 9.17) is 21.1 Å². The number of aryl methyl sites for hydroxylation is 1.